The highest BCUT2D eigenvalue weighted by atomic mass is 16.1. The molecule has 0 unspecified atom stereocenters. The van der Waals surface area contributed by atoms with E-state index < -0.39 is 0 Å². The van der Waals surface area contributed by atoms with Crippen LogP contribution in [0.15, 0.2) is 54.6 Å². The number of benzene rings is 2. The quantitative estimate of drug-likeness (QED) is 0.528. The molecule has 1 aliphatic rings. The van der Waals surface area contributed by atoms with E-state index in [1.807, 2.05) is 35.0 Å². The van der Waals surface area contributed by atoms with E-state index >= 15 is 0 Å². The van der Waals surface area contributed by atoms with E-state index in [2.05, 4.69) is 41.1 Å². The molecule has 3 aromatic rings. The van der Waals surface area contributed by atoms with Crippen molar-refractivity contribution in [2.24, 2.45) is 0 Å². The first-order valence-electron chi connectivity index (χ1n) is 10.1. The Kier molecular flexibility index (Phi) is 5.51. The Hall–Kier alpha value is -2.95. The third kappa shape index (κ3) is 4.14. The highest BCUT2D eigenvalue weighted by molar-refractivity contribution is 5.95. The molecule has 5 heteroatoms. The molecule has 0 saturated heterocycles. The van der Waals surface area contributed by atoms with Crippen LogP contribution >= 0.6 is 0 Å². The van der Waals surface area contributed by atoms with Gasteiger partial charge in [-0.25, -0.2) is 4.57 Å². The highest BCUT2D eigenvalue weighted by Crippen LogP contribution is 2.13. The summed E-state index contributed by atoms with van der Waals surface area (Å²) in [4.78, 5) is 12.7. The van der Waals surface area contributed by atoms with Gasteiger partial charge in [0, 0.05) is 22.8 Å². The summed E-state index contributed by atoms with van der Waals surface area (Å²) >= 11 is 0. The number of hydrogen-bond donors (Lipinski definition) is 1. The van der Waals surface area contributed by atoms with Crippen molar-refractivity contribution in [3.63, 3.8) is 0 Å². The largest absolute Gasteiger partial charge is 0.375 e. The molecule has 5 nitrogen and oxygen atoms in total. The fourth-order valence-corrected chi connectivity index (χ4v) is 3.75. The second-order valence-corrected chi connectivity index (χ2v) is 7.46. The van der Waals surface area contributed by atoms with Gasteiger partial charge < -0.3 is 5.32 Å². The molecule has 1 N–H and O–H groups in total. The fourth-order valence-electron chi connectivity index (χ4n) is 3.75. The monoisotopic (exact) mass is 375 g/mol. The van der Waals surface area contributed by atoms with Crippen molar-refractivity contribution >= 4 is 11.5 Å². The van der Waals surface area contributed by atoms with E-state index in [-0.39, 0.29) is 5.78 Å². The van der Waals surface area contributed by atoms with Crippen LogP contribution in [0.5, 0.6) is 0 Å². The smallest absolute Gasteiger partial charge is 0.296 e. The van der Waals surface area contributed by atoms with Crippen molar-refractivity contribution in [2.45, 2.75) is 52.2 Å². The summed E-state index contributed by atoms with van der Waals surface area (Å²) in [5, 5.41) is 8.30. The van der Waals surface area contributed by atoms with Crippen LogP contribution in [0.4, 0.5) is 5.69 Å². The van der Waals surface area contributed by atoms with Crippen molar-refractivity contribution in [3.05, 3.63) is 77.4 Å². The Morgan fingerprint density at radius 1 is 1.07 bits per heavy atom. The first kappa shape index (κ1) is 18.4. The number of carbonyl (C=O) groups is 1. The number of aromatic nitrogens is 3. The van der Waals surface area contributed by atoms with E-state index in [1.165, 1.54) is 17.8 Å². The van der Waals surface area contributed by atoms with Gasteiger partial charge in [-0.05, 0) is 38.3 Å². The third-order valence-electron chi connectivity index (χ3n) is 5.33. The minimum absolute atomic E-state index is 0.105. The molecule has 2 aromatic carbocycles. The number of Topliss-reactive ketones (excluding diaryl/α,β-unsaturated/α-hetero) is 1. The van der Waals surface area contributed by atoms with Gasteiger partial charge in [-0.2, -0.15) is 0 Å². The molecule has 0 bridgehead atoms. The predicted molar refractivity (Wildman–Crippen MR) is 109 cm³/mol. The first-order chi connectivity index (χ1) is 13.7. The van der Waals surface area contributed by atoms with Crippen LogP contribution in [-0.2, 0) is 26.1 Å². The van der Waals surface area contributed by atoms with Crippen molar-refractivity contribution in [3.8, 4) is 0 Å². The maximum Gasteiger partial charge on any atom is 0.296 e. The fraction of sp³-hybridized carbons (Fsp3) is 0.348. The molecule has 2 heterocycles. The summed E-state index contributed by atoms with van der Waals surface area (Å²) < 4.78 is 4.24. The Morgan fingerprint density at radius 3 is 2.64 bits per heavy atom. The molecule has 28 heavy (non-hydrogen) atoms. The summed E-state index contributed by atoms with van der Waals surface area (Å²) in [6, 6.07) is 17.9. The summed E-state index contributed by atoms with van der Waals surface area (Å²) in [6.45, 7) is 4.01. The number of carbonyl (C=O) groups excluding carboxylic acids is 1. The lowest BCUT2D eigenvalue weighted by atomic mass is 10.1. The van der Waals surface area contributed by atoms with E-state index in [0.717, 1.165) is 42.9 Å². The van der Waals surface area contributed by atoms with Crippen LogP contribution in [0, 0.1) is 6.92 Å². The normalized spacial score (nSPS) is 13.6. The third-order valence-corrected chi connectivity index (χ3v) is 5.33. The highest BCUT2D eigenvalue weighted by Gasteiger charge is 2.28. The molecular formula is C23H27N4O+. The van der Waals surface area contributed by atoms with Crippen LogP contribution in [0.25, 0.3) is 0 Å². The number of nitrogens with one attached hydrogen (secondary N) is 1. The second-order valence-electron chi connectivity index (χ2n) is 7.46. The lowest BCUT2D eigenvalue weighted by molar-refractivity contribution is -0.710. The Bertz CT molecular complexity index is 945. The van der Waals surface area contributed by atoms with Gasteiger partial charge in [-0.15, -0.1) is 4.68 Å². The second kappa shape index (κ2) is 8.38. The number of ketones is 1. The van der Waals surface area contributed by atoms with Crippen molar-refractivity contribution < 1.29 is 9.36 Å². The Labute approximate surface area is 166 Å². The molecule has 0 saturated carbocycles. The van der Waals surface area contributed by atoms with Gasteiger partial charge in [-0.3, -0.25) is 4.79 Å². The number of anilines is 1. The van der Waals surface area contributed by atoms with Crippen LogP contribution < -0.4 is 9.88 Å². The molecule has 0 atom stereocenters. The zero-order valence-electron chi connectivity index (χ0n) is 16.4. The average molecular weight is 375 g/mol. The predicted octanol–water partition coefficient (Wildman–Crippen LogP) is 3.70. The zero-order valence-corrected chi connectivity index (χ0v) is 16.4. The molecule has 1 aromatic heterocycles. The molecule has 144 valence electrons. The number of rotatable bonds is 6. The number of hydrogen-bond acceptors (Lipinski definition) is 3. The van der Waals surface area contributed by atoms with Gasteiger partial charge in [0.25, 0.3) is 5.82 Å². The van der Waals surface area contributed by atoms with Crippen LogP contribution in [-0.4, -0.2) is 15.6 Å². The minimum atomic E-state index is 0.105. The van der Waals surface area contributed by atoms with E-state index in [0.29, 0.717) is 13.1 Å². The van der Waals surface area contributed by atoms with Crippen molar-refractivity contribution in [1.82, 2.24) is 9.78 Å². The van der Waals surface area contributed by atoms with Crippen LogP contribution in [0.2, 0.25) is 0 Å². The molecule has 1 aliphatic heterocycles. The first-order valence-corrected chi connectivity index (χ1v) is 10.1. The molecule has 0 fully saturated rings. The summed E-state index contributed by atoms with van der Waals surface area (Å²) in [5.74, 6) is 2.27. The van der Waals surface area contributed by atoms with E-state index in [9.17, 15) is 4.79 Å². The molecule has 0 amide bonds. The summed E-state index contributed by atoms with van der Waals surface area (Å²) in [6.07, 6.45) is 4.50. The maximum absolute atomic E-state index is 12.7. The van der Waals surface area contributed by atoms with Crippen LogP contribution in [0.3, 0.4) is 0 Å². The van der Waals surface area contributed by atoms with Crippen molar-refractivity contribution in [1.29, 1.82) is 0 Å². The SMILES string of the molecule is Cc1ccc(NCc2nn(CC(=O)c3ccccc3)c3[n+]2CCCCC3)cc1. The Morgan fingerprint density at radius 2 is 1.86 bits per heavy atom. The number of fused-ring (bicyclic) bond motifs is 1. The molecule has 0 aliphatic carbocycles. The number of aryl methyl sites for hydroxylation is 1. The Balaban J connectivity index is 1.56. The summed E-state index contributed by atoms with van der Waals surface area (Å²) in [7, 11) is 0. The standard InChI is InChI=1S/C23H27N4O/c1-18-11-13-20(14-12-18)24-16-22-25-27(23-10-6-3-7-15-26(22)23)17-21(28)19-8-4-2-5-9-19/h2,4-5,8-9,11-14,24H,3,6-7,10,15-17H2,1H3/q+1. The van der Waals surface area contributed by atoms with Crippen molar-refractivity contribution in [2.75, 3.05) is 5.32 Å². The average Bonchev–Trinajstić information content (AvgIpc) is 2.89. The van der Waals surface area contributed by atoms with Gasteiger partial charge in [0.05, 0.1) is 6.54 Å². The van der Waals surface area contributed by atoms with Gasteiger partial charge in [0.2, 0.25) is 5.82 Å². The molecule has 0 spiro atoms. The molecule has 4 rings (SSSR count). The minimum Gasteiger partial charge on any atom is -0.375 e. The molecule has 0 radical (unpaired) electrons. The van der Waals surface area contributed by atoms with E-state index in [1.54, 1.807) is 0 Å². The van der Waals surface area contributed by atoms with E-state index in [4.69, 9.17) is 5.10 Å². The number of nitrogens with zero attached hydrogens (tertiary/aromatic N) is 3. The van der Waals surface area contributed by atoms with Gasteiger partial charge >= 0.3 is 0 Å². The van der Waals surface area contributed by atoms with Gasteiger partial charge in [-0.1, -0.05) is 48.0 Å². The summed E-state index contributed by atoms with van der Waals surface area (Å²) in [5.41, 5.74) is 3.07. The van der Waals surface area contributed by atoms with Gasteiger partial charge in [0.15, 0.2) is 12.3 Å². The van der Waals surface area contributed by atoms with Gasteiger partial charge in [0.1, 0.15) is 6.54 Å². The lowest BCUT2D eigenvalue weighted by Gasteiger charge is -2.05. The molecular weight excluding hydrogens is 348 g/mol. The topological polar surface area (TPSA) is 50.8 Å². The lowest BCUT2D eigenvalue weighted by Crippen LogP contribution is -2.41. The van der Waals surface area contributed by atoms with Crippen LogP contribution in [0.1, 0.15) is 46.8 Å². The zero-order chi connectivity index (χ0) is 19.3. The maximum atomic E-state index is 12.7.